The lowest BCUT2D eigenvalue weighted by Crippen LogP contribution is -2.07. The topological polar surface area (TPSA) is 46.5 Å². The zero-order valence-corrected chi connectivity index (χ0v) is 11.1. The number of carbonyl (C=O) groups is 1. The summed E-state index contributed by atoms with van der Waals surface area (Å²) in [7, 11) is 1.32. The summed E-state index contributed by atoms with van der Waals surface area (Å²) in [5.41, 5.74) is 2.74. The first-order chi connectivity index (χ1) is 9.63. The summed E-state index contributed by atoms with van der Waals surface area (Å²) < 4.78 is 17.6. The SMILES string of the molecule is COC(=O)c1cc(CO)ccc1Cc1ccc(F)cc1. The molecule has 0 aromatic heterocycles. The van der Waals surface area contributed by atoms with E-state index in [-0.39, 0.29) is 12.4 Å². The normalized spacial score (nSPS) is 10.3. The summed E-state index contributed by atoms with van der Waals surface area (Å²) in [5.74, 6) is -0.741. The lowest BCUT2D eigenvalue weighted by molar-refractivity contribution is 0.0599. The summed E-state index contributed by atoms with van der Waals surface area (Å²) in [6.45, 7) is -0.138. The van der Waals surface area contributed by atoms with E-state index in [1.165, 1.54) is 19.2 Å². The number of halogens is 1. The molecule has 0 aliphatic heterocycles. The Hall–Kier alpha value is -2.20. The van der Waals surface area contributed by atoms with Crippen molar-refractivity contribution in [1.82, 2.24) is 0 Å². The zero-order chi connectivity index (χ0) is 14.5. The number of aliphatic hydroxyl groups excluding tert-OH is 1. The van der Waals surface area contributed by atoms with Crippen LogP contribution >= 0.6 is 0 Å². The highest BCUT2D eigenvalue weighted by molar-refractivity contribution is 5.91. The molecule has 0 atom stereocenters. The highest BCUT2D eigenvalue weighted by atomic mass is 19.1. The Morgan fingerprint density at radius 1 is 1.15 bits per heavy atom. The van der Waals surface area contributed by atoms with E-state index in [4.69, 9.17) is 9.84 Å². The van der Waals surface area contributed by atoms with Gasteiger partial charge in [0.15, 0.2) is 0 Å². The molecule has 2 aromatic rings. The van der Waals surface area contributed by atoms with Crippen molar-refractivity contribution in [2.24, 2.45) is 0 Å². The van der Waals surface area contributed by atoms with Crippen molar-refractivity contribution >= 4 is 5.97 Å². The quantitative estimate of drug-likeness (QED) is 0.872. The molecule has 0 bridgehead atoms. The van der Waals surface area contributed by atoms with E-state index in [0.29, 0.717) is 17.5 Å². The molecule has 0 aliphatic rings. The van der Waals surface area contributed by atoms with Crippen molar-refractivity contribution < 1.29 is 19.0 Å². The number of carbonyl (C=O) groups excluding carboxylic acids is 1. The molecular weight excluding hydrogens is 259 g/mol. The number of ether oxygens (including phenoxy) is 1. The Labute approximate surface area is 116 Å². The van der Waals surface area contributed by atoms with Crippen LogP contribution in [-0.2, 0) is 17.8 Å². The van der Waals surface area contributed by atoms with Crippen LogP contribution in [-0.4, -0.2) is 18.2 Å². The maximum Gasteiger partial charge on any atom is 0.338 e. The molecule has 2 aromatic carbocycles. The molecule has 0 heterocycles. The third-order valence-electron chi connectivity index (χ3n) is 3.07. The third kappa shape index (κ3) is 3.22. The fraction of sp³-hybridized carbons (Fsp3) is 0.188. The summed E-state index contributed by atoms with van der Waals surface area (Å²) in [6, 6.07) is 11.3. The van der Waals surface area contributed by atoms with Gasteiger partial charge in [0.2, 0.25) is 0 Å². The van der Waals surface area contributed by atoms with Crippen molar-refractivity contribution in [3.63, 3.8) is 0 Å². The van der Waals surface area contributed by atoms with Crippen molar-refractivity contribution in [2.45, 2.75) is 13.0 Å². The van der Waals surface area contributed by atoms with E-state index in [1.54, 1.807) is 30.3 Å². The molecule has 2 rings (SSSR count). The van der Waals surface area contributed by atoms with Crippen LogP contribution in [0.15, 0.2) is 42.5 Å². The lowest BCUT2D eigenvalue weighted by Gasteiger charge is -2.10. The predicted octanol–water partition coefficient (Wildman–Crippen LogP) is 2.70. The standard InChI is InChI=1S/C16H15FO3/c1-20-16(19)15-9-12(10-18)2-5-13(15)8-11-3-6-14(17)7-4-11/h2-7,9,18H,8,10H2,1H3. The third-order valence-corrected chi connectivity index (χ3v) is 3.07. The largest absolute Gasteiger partial charge is 0.465 e. The highest BCUT2D eigenvalue weighted by Gasteiger charge is 2.13. The second-order valence-electron chi connectivity index (χ2n) is 4.44. The van der Waals surface area contributed by atoms with Crippen molar-refractivity contribution in [2.75, 3.05) is 7.11 Å². The Morgan fingerprint density at radius 3 is 2.40 bits per heavy atom. The Kier molecular flexibility index (Phi) is 4.48. The highest BCUT2D eigenvalue weighted by Crippen LogP contribution is 2.18. The number of methoxy groups -OCH3 is 1. The smallest absolute Gasteiger partial charge is 0.338 e. The molecule has 1 N–H and O–H groups in total. The summed E-state index contributed by atoms with van der Waals surface area (Å²) in [6.07, 6.45) is 0.496. The molecule has 3 nitrogen and oxygen atoms in total. The van der Waals surface area contributed by atoms with Crippen molar-refractivity contribution in [1.29, 1.82) is 0 Å². The number of hydrogen-bond donors (Lipinski definition) is 1. The van der Waals surface area contributed by atoms with E-state index in [9.17, 15) is 9.18 Å². The maximum atomic E-state index is 12.9. The molecular formula is C16H15FO3. The Balaban J connectivity index is 2.35. The van der Waals surface area contributed by atoms with Crippen LogP contribution in [0.25, 0.3) is 0 Å². The fourth-order valence-electron chi connectivity index (χ4n) is 2.00. The summed E-state index contributed by atoms with van der Waals surface area (Å²) in [4.78, 5) is 11.8. The van der Waals surface area contributed by atoms with Gasteiger partial charge in [-0.05, 0) is 41.3 Å². The van der Waals surface area contributed by atoms with Gasteiger partial charge in [-0.25, -0.2) is 9.18 Å². The van der Waals surface area contributed by atoms with E-state index >= 15 is 0 Å². The predicted molar refractivity (Wildman–Crippen MR) is 72.9 cm³/mol. The molecule has 104 valence electrons. The van der Waals surface area contributed by atoms with E-state index in [0.717, 1.165) is 11.1 Å². The molecule has 0 saturated heterocycles. The van der Waals surface area contributed by atoms with Crippen molar-refractivity contribution in [3.8, 4) is 0 Å². The van der Waals surface area contributed by atoms with Crippen LogP contribution < -0.4 is 0 Å². The lowest BCUT2D eigenvalue weighted by atomic mass is 9.98. The fourth-order valence-corrected chi connectivity index (χ4v) is 2.00. The first-order valence-corrected chi connectivity index (χ1v) is 6.19. The van der Waals surface area contributed by atoms with Crippen LogP contribution in [0.5, 0.6) is 0 Å². The van der Waals surface area contributed by atoms with Gasteiger partial charge < -0.3 is 9.84 Å². The monoisotopic (exact) mass is 274 g/mol. The molecule has 0 spiro atoms. The van der Waals surface area contributed by atoms with Crippen LogP contribution in [0.1, 0.15) is 27.0 Å². The molecule has 20 heavy (non-hydrogen) atoms. The van der Waals surface area contributed by atoms with E-state index < -0.39 is 5.97 Å². The average molecular weight is 274 g/mol. The minimum Gasteiger partial charge on any atom is -0.465 e. The van der Waals surface area contributed by atoms with Gasteiger partial charge in [0, 0.05) is 0 Å². The molecule has 0 aliphatic carbocycles. The van der Waals surface area contributed by atoms with E-state index in [2.05, 4.69) is 0 Å². The Morgan fingerprint density at radius 2 is 1.80 bits per heavy atom. The van der Waals surface area contributed by atoms with Crippen LogP contribution in [0.3, 0.4) is 0 Å². The second kappa shape index (κ2) is 6.30. The van der Waals surface area contributed by atoms with Crippen LogP contribution in [0.2, 0.25) is 0 Å². The maximum absolute atomic E-state index is 12.9. The zero-order valence-electron chi connectivity index (χ0n) is 11.1. The summed E-state index contributed by atoms with van der Waals surface area (Å²) in [5, 5.41) is 9.13. The van der Waals surface area contributed by atoms with Gasteiger partial charge in [-0.3, -0.25) is 0 Å². The van der Waals surface area contributed by atoms with Gasteiger partial charge in [-0.2, -0.15) is 0 Å². The van der Waals surface area contributed by atoms with E-state index in [1.807, 2.05) is 0 Å². The van der Waals surface area contributed by atoms with Gasteiger partial charge in [0.25, 0.3) is 0 Å². The molecule has 0 unspecified atom stereocenters. The average Bonchev–Trinajstić information content (AvgIpc) is 2.49. The van der Waals surface area contributed by atoms with Gasteiger partial charge >= 0.3 is 5.97 Å². The minimum atomic E-state index is -0.447. The van der Waals surface area contributed by atoms with Crippen LogP contribution in [0.4, 0.5) is 4.39 Å². The first-order valence-electron chi connectivity index (χ1n) is 6.19. The number of aliphatic hydroxyl groups is 1. The number of rotatable bonds is 4. The minimum absolute atomic E-state index is 0.138. The number of benzene rings is 2. The number of esters is 1. The number of hydrogen-bond acceptors (Lipinski definition) is 3. The summed E-state index contributed by atoms with van der Waals surface area (Å²) >= 11 is 0. The van der Waals surface area contributed by atoms with Gasteiger partial charge in [0.05, 0.1) is 19.3 Å². The van der Waals surface area contributed by atoms with Crippen molar-refractivity contribution in [3.05, 3.63) is 70.5 Å². The van der Waals surface area contributed by atoms with Gasteiger partial charge in [-0.1, -0.05) is 24.3 Å². The van der Waals surface area contributed by atoms with Crippen LogP contribution in [0, 0.1) is 5.82 Å². The van der Waals surface area contributed by atoms with Gasteiger partial charge in [0.1, 0.15) is 5.82 Å². The first kappa shape index (κ1) is 14.2. The Bertz CT molecular complexity index is 606. The van der Waals surface area contributed by atoms with Gasteiger partial charge in [-0.15, -0.1) is 0 Å². The molecule has 0 amide bonds. The second-order valence-corrected chi connectivity index (χ2v) is 4.44. The molecule has 0 radical (unpaired) electrons. The molecule has 0 fully saturated rings. The molecule has 4 heteroatoms. The molecule has 0 saturated carbocycles.